The fourth-order valence-electron chi connectivity index (χ4n) is 0.258. The van der Waals surface area contributed by atoms with E-state index in [2.05, 4.69) is 4.74 Å². The minimum atomic E-state index is -0.994. The molecule has 0 aromatic carbocycles. The first-order chi connectivity index (χ1) is 11.9. The molecule has 1 N–H and O–H groups in total. The molecular formula is C18H33O7. The van der Waals surface area contributed by atoms with Crippen molar-refractivity contribution in [1.82, 2.24) is 0 Å². The molecule has 0 spiro atoms. The Morgan fingerprint density at radius 1 is 0.720 bits per heavy atom. The van der Waals surface area contributed by atoms with E-state index in [-0.39, 0.29) is 26.4 Å². The molecule has 0 saturated carbocycles. The van der Waals surface area contributed by atoms with Gasteiger partial charge in [-0.15, -0.1) is 0 Å². The maximum Gasteiger partial charge on any atom is 0.331 e. The lowest BCUT2D eigenvalue weighted by Gasteiger charge is -1.92. The fraction of sp³-hybridized carbons (Fsp3) is 0.556. The zero-order valence-corrected chi connectivity index (χ0v) is 16.0. The molecule has 0 amide bonds. The number of rotatable bonds is 8. The molecule has 0 aromatic rings. The van der Waals surface area contributed by atoms with Crippen molar-refractivity contribution in [2.45, 2.75) is 34.6 Å². The average Bonchev–Trinajstić information content (AvgIpc) is 2.65. The second-order valence-electron chi connectivity index (χ2n) is 3.68. The van der Waals surface area contributed by atoms with Crippen LogP contribution in [0.15, 0.2) is 12.3 Å². The third kappa shape index (κ3) is 127. The summed E-state index contributed by atoms with van der Waals surface area (Å²) in [7, 11) is 0. The predicted molar refractivity (Wildman–Crippen MR) is 94.8 cm³/mol. The quantitative estimate of drug-likeness (QED) is 0.404. The largest absolute Gasteiger partial charge is 0.501 e. The number of carbonyl (C=O) groups is 1. The van der Waals surface area contributed by atoms with Crippen molar-refractivity contribution >= 4 is 5.97 Å². The van der Waals surface area contributed by atoms with Crippen LogP contribution in [-0.4, -0.2) is 44.1 Å². The Hall–Kier alpha value is -1.15. The van der Waals surface area contributed by atoms with Gasteiger partial charge in [-0.2, -0.15) is 0 Å². The Morgan fingerprint density at radius 2 is 1.00 bits per heavy atom. The Bertz CT molecular complexity index is 186. The molecule has 0 heterocycles. The summed E-state index contributed by atoms with van der Waals surface area (Å²) < 4.78 is 4.68. The molecule has 7 heteroatoms. The zero-order valence-electron chi connectivity index (χ0n) is 16.0. The molecule has 0 unspecified atom stereocenters. The Balaban J connectivity index is -0.0000000714. The molecule has 0 aliphatic carbocycles. The van der Waals surface area contributed by atoms with E-state index >= 15 is 0 Å². The molecule has 0 rings (SSSR count). The SMILES string of the molecule is C[CH]COC=CC(=O)O.C[CH]C[O].C[CH]C[O].C[CH]C[O].C[CH]C[O]. The first-order valence-corrected chi connectivity index (χ1v) is 7.66. The first-order valence-electron chi connectivity index (χ1n) is 7.66. The van der Waals surface area contributed by atoms with Crippen molar-refractivity contribution in [1.29, 1.82) is 0 Å². The molecule has 0 saturated heterocycles. The van der Waals surface area contributed by atoms with Gasteiger partial charge < -0.3 is 9.84 Å². The maximum atomic E-state index is 9.79. The van der Waals surface area contributed by atoms with Crippen LogP contribution < -0.4 is 0 Å². The molecule has 0 aliphatic heterocycles. The van der Waals surface area contributed by atoms with Gasteiger partial charge in [-0.05, 0) is 32.1 Å². The van der Waals surface area contributed by atoms with Crippen LogP contribution in [0.25, 0.3) is 0 Å². The molecule has 0 atom stereocenters. The Kier molecular flexibility index (Phi) is 69.3. The summed E-state index contributed by atoms with van der Waals surface area (Å²) in [5.41, 5.74) is 0. The molecule has 9 radical (unpaired) electrons. The molecule has 25 heavy (non-hydrogen) atoms. The average molecular weight is 361 g/mol. The number of hydrogen-bond acceptors (Lipinski definition) is 2. The van der Waals surface area contributed by atoms with E-state index in [9.17, 15) is 25.2 Å². The summed E-state index contributed by atoms with van der Waals surface area (Å²) in [6.45, 7) is 9.03. The van der Waals surface area contributed by atoms with Crippen molar-refractivity contribution in [3.05, 3.63) is 44.4 Å². The van der Waals surface area contributed by atoms with Gasteiger partial charge in [0.2, 0.25) is 0 Å². The highest BCUT2D eigenvalue weighted by atomic mass is 16.5. The van der Waals surface area contributed by atoms with Crippen LogP contribution >= 0.6 is 0 Å². The van der Waals surface area contributed by atoms with Crippen LogP contribution in [0, 0.1) is 32.1 Å². The maximum absolute atomic E-state index is 9.79. The summed E-state index contributed by atoms with van der Waals surface area (Å²) in [4.78, 5) is 9.79. The molecule has 0 fully saturated rings. The van der Waals surface area contributed by atoms with E-state index in [0.717, 1.165) is 12.3 Å². The van der Waals surface area contributed by atoms with Gasteiger partial charge in [-0.3, -0.25) is 0 Å². The fourth-order valence-corrected chi connectivity index (χ4v) is 0.258. The molecule has 0 aromatic heterocycles. The highest BCUT2D eigenvalue weighted by molar-refractivity contribution is 5.79. The van der Waals surface area contributed by atoms with Gasteiger partial charge in [0, 0.05) is 0 Å². The minimum absolute atomic E-state index is 0.0556. The second kappa shape index (κ2) is 49.5. The van der Waals surface area contributed by atoms with E-state index in [1.165, 1.54) is 0 Å². The van der Waals surface area contributed by atoms with Gasteiger partial charge in [0.25, 0.3) is 0 Å². The van der Waals surface area contributed by atoms with Crippen molar-refractivity contribution in [3.8, 4) is 0 Å². The highest BCUT2D eigenvalue weighted by Crippen LogP contribution is 1.80. The third-order valence-corrected chi connectivity index (χ3v) is 1.24. The second-order valence-corrected chi connectivity index (χ2v) is 3.68. The number of aliphatic carboxylic acids is 1. The van der Waals surface area contributed by atoms with Gasteiger partial charge in [-0.25, -0.2) is 25.2 Å². The standard InChI is InChI=1S/C6H9O3.4C3H6O/c1-2-4-9-5-3-6(7)8;4*1-2-3-4/h2-3,5H,4H2,1H3,(H,7,8);4*2H,3H2,1H3. The van der Waals surface area contributed by atoms with Crippen molar-refractivity contribution in [3.63, 3.8) is 0 Å². The van der Waals surface area contributed by atoms with E-state index in [1.807, 2.05) is 6.92 Å². The van der Waals surface area contributed by atoms with Gasteiger partial charge in [0.1, 0.15) is 0 Å². The number of hydrogen-bond donors (Lipinski definition) is 1. The minimum Gasteiger partial charge on any atom is -0.501 e. The summed E-state index contributed by atoms with van der Waals surface area (Å²) >= 11 is 0. The lowest BCUT2D eigenvalue weighted by atomic mass is 10.5. The summed E-state index contributed by atoms with van der Waals surface area (Å²) in [6, 6.07) is 0. The monoisotopic (exact) mass is 361 g/mol. The van der Waals surface area contributed by atoms with E-state index < -0.39 is 5.97 Å². The van der Waals surface area contributed by atoms with Gasteiger partial charge in [0.05, 0.1) is 45.4 Å². The summed E-state index contributed by atoms with van der Waals surface area (Å²) in [5, 5.41) is 45.0. The number of carboxylic acid groups (broad SMARTS) is 1. The summed E-state index contributed by atoms with van der Waals surface area (Å²) in [5.74, 6) is -0.994. The van der Waals surface area contributed by atoms with Crippen LogP contribution in [0.2, 0.25) is 0 Å². The molecule has 0 bridgehead atoms. The smallest absolute Gasteiger partial charge is 0.331 e. The van der Waals surface area contributed by atoms with Crippen molar-refractivity contribution < 1.29 is 35.1 Å². The molecular weight excluding hydrogens is 328 g/mol. The lowest BCUT2D eigenvalue weighted by molar-refractivity contribution is -0.131. The van der Waals surface area contributed by atoms with Crippen molar-refractivity contribution in [2.75, 3.05) is 33.0 Å². The van der Waals surface area contributed by atoms with Gasteiger partial charge >= 0.3 is 5.97 Å². The van der Waals surface area contributed by atoms with E-state index in [0.29, 0.717) is 6.61 Å². The molecule has 0 aliphatic rings. The van der Waals surface area contributed by atoms with Crippen LogP contribution in [-0.2, 0) is 30.0 Å². The summed E-state index contributed by atoms with van der Waals surface area (Å²) in [6.07, 6.45) is 10.2. The van der Waals surface area contributed by atoms with Gasteiger partial charge in [-0.1, -0.05) is 34.6 Å². The van der Waals surface area contributed by atoms with E-state index in [4.69, 9.17) is 5.11 Å². The Morgan fingerprint density at radius 3 is 1.16 bits per heavy atom. The van der Waals surface area contributed by atoms with Crippen molar-refractivity contribution in [2.24, 2.45) is 0 Å². The normalized spacial score (nSPS) is 8.36. The van der Waals surface area contributed by atoms with Crippen LogP contribution in [0.3, 0.4) is 0 Å². The Labute approximate surface area is 154 Å². The lowest BCUT2D eigenvalue weighted by Crippen LogP contribution is -1.89. The molecule has 147 valence electrons. The first kappa shape index (κ1) is 35.0. The van der Waals surface area contributed by atoms with Crippen LogP contribution in [0.1, 0.15) is 34.6 Å². The predicted octanol–water partition coefficient (Wildman–Crippen LogP) is 3.39. The molecule has 7 nitrogen and oxygen atoms in total. The van der Waals surface area contributed by atoms with Crippen LogP contribution in [0.4, 0.5) is 0 Å². The number of ether oxygens (including phenoxy) is 1. The topological polar surface area (TPSA) is 126 Å². The van der Waals surface area contributed by atoms with E-state index in [1.54, 1.807) is 59.8 Å². The number of carboxylic acids is 1. The third-order valence-electron chi connectivity index (χ3n) is 1.24. The van der Waals surface area contributed by atoms with Gasteiger partial charge in [0.15, 0.2) is 0 Å². The highest BCUT2D eigenvalue weighted by Gasteiger charge is 1.82. The van der Waals surface area contributed by atoms with Crippen LogP contribution in [0.5, 0.6) is 0 Å². The zero-order chi connectivity index (χ0) is 20.8.